The Labute approximate surface area is 156 Å². The van der Waals surface area contributed by atoms with Crippen LogP contribution in [0.25, 0.3) is 5.69 Å². The smallest absolute Gasteiger partial charge is 0.497 e. The maximum absolute atomic E-state index is 13.2. The van der Waals surface area contributed by atoms with Crippen LogP contribution in [-0.2, 0) is 17.4 Å². The Hall–Kier alpha value is -0.740. The fraction of sp³-hybridized carbons (Fsp3) is 0.308. The Morgan fingerprint density at radius 1 is 1.08 bits per heavy atom. The van der Waals surface area contributed by atoms with Crippen LogP contribution in [-0.4, -0.2) is 19.0 Å². The Bertz CT molecular complexity index is 796. The highest BCUT2D eigenvalue weighted by Crippen LogP contribution is 2.40. The fourth-order valence-corrected chi connectivity index (χ4v) is 3.94. The minimum absolute atomic E-state index is 0.0419. The highest BCUT2D eigenvalue weighted by Gasteiger charge is 2.46. The summed E-state index contributed by atoms with van der Waals surface area (Å²) in [6.45, 7) is 2.59. The van der Waals surface area contributed by atoms with E-state index in [1.54, 1.807) is 0 Å². The standard InChI is InChI=1S/C13H8Cl3F5N2OS/c1-5-11(25(24)13(16,20)21)6(2)23(22-5)10-8(14)3-7(4-9(10)15)12(17,18)19/h3-4H,1-2H3. The number of alkyl halides is 6. The quantitative estimate of drug-likeness (QED) is 0.348. The molecule has 1 heterocycles. The van der Waals surface area contributed by atoms with E-state index < -0.39 is 37.7 Å². The van der Waals surface area contributed by atoms with Crippen molar-refractivity contribution in [2.24, 2.45) is 0 Å². The first kappa shape index (κ1) is 20.6. The Balaban J connectivity index is 2.66. The number of hydrogen-bond donors (Lipinski definition) is 0. The van der Waals surface area contributed by atoms with Crippen molar-refractivity contribution >= 4 is 46.0 Å². The molecule has 0 amide bonds. The van der Waals surface area contributed by atoms with Crippen LogP contribution in [0.1, 0.15) is 17.0 Å². The monoisotopic (exact) mass is 440 g/mol. The van der Waals surface area contributed by atoms with Crippen LogP contribution < -0.4 is 0 Å². The van der Waals surface area contributed by atoms with E-state index in [1.165, 1.54) is 13.8 Å². The molecule has 2 aromatic rings. The maximum Gasteiger partial charge on any atom is 0.497 e. The van der Waals surface area contributed by atoms with Gasteiger partial charge in [0.2, 0.25) is 4.90 Å². The summed E-state index contributed by atoms with van der Waals surface area (Å²) in [5.74, 6) is 0. The van der Waals surface area contributed by atoms with Crippen LogP contribution in [0.2, 0.25) is 10.0 Å². The molecule has 25 heavy (non-hydrogen) atoms. The second kappa shape index (κ2) is 6.77. The van der Waals surface area contributed by atoms with Crippen molar-refractivity contribution in [3.63, 3.8) is 0 Å². The van der Waals surface area contributed by atoms with Crippen molar-refractivity contribution in [1.29, 1.82) is 0 Å². The van der Waals surface area contributed by atoms with E-state index >= 15 is 0 Å². The van der Waals surface area contributed by atoms with E-state index in [0.717, 1.165) is 4.68 Å². The average Bonchev–Trinajstić information content (AvgIpc) is 2.70. The lowest BCUT2D eigenvalue weighted by Gasteiger charge is -2.15. The fourth-order valence-electron chi connectivity index (χ4n) is 2.16. The molecule has 1 unspecified atom stereocenters. The van der Waals surface area contributed by atoms with Gasteiger partial charge in [0.15, 0.2) is 0 Å². The summed E-state index contributed by atoms with van der Waals surface area (Å²) < 4.78 is 73.5. The summed E-state index contributed by atoms with van der Waals surface area (Å²) >= 11 is 13.6. The van der Waals surface area contributed by atoms with E-state index in [0.29, 0.717) is 12.1 Å². The van der Waals surface area contributed by atoms with Gasteiger partial charge < -0.3 is 4.55 Å². The largest absolute Gasteiger partial charge is 0.605 e. The lowest BCUT2D eigenvalue weighted by atomic mass is 10.2. The summed E-state index contributed by atoms with van der Waals surface area (Å²) in [7, 11) is 0. The number of aryl methyl sites for hydroxylation is 1. The highest BCUT2D eigenvalue weighted by atomic mass is 35.5. The van der Waals surface area contributed by atoms with Gasteiger partial charge in [0.05, 0.1) is 32.5 Å². The lowest BCUT2D eigenvalue weighted by Crippen LogP contribution is -2.23. The zero-order valence-corrected chi connectivity index (χ0v) is 15.5. The first-order valence-corrected chi connectivity index (χ1v) is 8.65. The summed E-state index contributed by atoms with van der Waals surface area (Å²) in [6, 6.07) is 1.26. The normalized spacial score (nSPS) is 14.0. The zero-order valence-electron chi connectivity index (χ0n) is 12.4. The third-order valence-corrected chi connectivity index (χ3v) is 5.56. The molecule has 1 aromatic carbocycles. The van der Waals surface area contributed by atoms with Gasteiger partial charge in [-0.05, 0) is 26.0 Å². The van der Waals surface area contributed by atoms with Crippen molar-refractivity contribution in [2.75, 3.05) is 0 Å². The van der Waals surface area contributed by atoms with Gasteiger partial charge in [-0.25, -0.2) is 4.68 Å². The third-order valence-electron chi connectivity index (χ3n) is 3.18. The summed E-state index contributed by atoms with van der Waals surface area (Å²) in [6.07, 6.45) is -4.67. The molecule has 1 atom stereocenters. The van der Waals surface area contributed by atoms with Crippen LogP contribution in [0.4, 0.5) is 22.0 Å². The Morgan fingerprint density at radius 2 is 1.56 bits per heavy atom. The molecule has 0 N–H and O–H groups in total. The Morgan fingerprint density at radius 3 is 1.96 bits per heavy atom. The molecule has 138 valence electrons. The molecule has 0 fully saturated rings. The van der Waals surface area contributed by atoms with Crippen LogP contribution >= 0.6 is 34.8 Å². The van der Waals surface area contributed by atoms with E-state index in [-0.39, 0.29) is 22.0 Å². The van der Waals surface area contributed by atoms with Crippen molar-refractivity contribution in [3.8, 4) is 5.69 Å². The van der Waals surface area contributed by atoms with E-state index in [2.05, 4.69) is 5.10 Å². The topological polar surface area (TPSA) is 40.9 Å². The molecule has 0 bridgehead atoms. The van der Waals surface area contributed by atoms with Gasteiger partial charge in [0.25, 0.3) is 0 Å². The van der Waals surface area contributed by atoms with Gasteiger partial charge >= 0.3 is 10.9 Å². The van der Waals surface area contributed by atoms with Crippen molar-refractivity contribution < 1.29 is 26.5 Å². The predicted molar refractivity (Wildman–Crippen MR) is 85.3 cm³/mol. The molecule has 0 saturated carbocycles. The van der Waals surface area contributed by atoms with Gasteiger partial charge in [-0.2, -0.15) is 18.3 Å². The zero-order chi connectivity index (χ0) is 19.3. The van der Waals surface area contributed by atoms with Gasteiger partial charge in [-0.3, -0.25) is 0 Å². The van der Waals surface area contributed by atoms with Gasteiger partial charge in [-0.1, -0.05) is 23.2 Å². The number of rotatable bonds is 3. The minimum atomic E-state index is -4.67. The van der Waals surface area contributed by atoms with Crippen LogP contribution in [0.5, 0.6) is 0 Å². The van der Waals surface area contributed by atoms with E-state index in [4.69, 9.17) is 34.8 Å². The molecule has 3 nitrogen and oxygen atoms in total. The van der Waals surface area contributed by atoms with Crippen molar-refractivity contribution in [2.45, 2.75) is 29.6 Å². The third kappa shape index (κ3) is 4.00. The molecule has 0 aliphatic heterocycles. The highest BCUT2D eigenvalue weighted by molar-refractivity contribution is 7.93. The number of aromatic nitrogens is 2. The van der Waals surface area contributed by atoms with Crippen LogP contribution in [0.15, 0.2) is 17.0 Å². The Kier molecular flexibility index (Phi) is 5.57. The molecule has 2 rings (SSSR count). The van der Waals surface area contributed by atoms with Gasteiger partial charge in [0.1, 0.15) is 11.4 Å². The molecular weight excluding hydrogens is 434 g/mol. The first-order chi connectivity index (χ1) is 11.2. The molecular formula is C13H8Cl3F5N2OS. The summed E-state index contributed by atoms with van der Waals surface area (Å²) in [5, 5.41) is 3.11. The maximum atomic E-state index is 13.2. The molecule has 0 aliphatic rings. The lowest BCUT2D eigenvalue weighted by molar-refractivity contribution is -0.137. The summed E-state index contributed by atoms with van der Waals surface area (Å²) in [4.78, 5) is -0.355. The van der Waals surface area contributed by atoms with Crippen molar-refractivity contribution in [1.82, 2.24) is 9.78 Å². The summed E-state index contributed by atoms with van der Waals surface area (Å²) in [5.41, 5.74) is -1.33. The van der Waals surface area contributed by atoms with Gasteiger partial charge in [0, 0.05) is 11.6 Å². The predicted octanol–water partition coefficient (Wildman–Crippen LogP) is 5.71. The average molecular weight is 442 g/mol. The number of halogens is 8. The molecule has 12 heteroatoms. The molecule has 1 aromatic heterocycles. The molecule has 0 aliphatic carbocycles. The second-order valence-electron chi connectivity index (χ2n) is 4.91. The van der Waals surface area contributed by atoms with E-state index in [1.807, 2.05) is 0 Å². The molecule has 0 radical (unpaired) electrons. The number of hydrogen-bond acceptors (Lipinski definition) is 2. The minimum Gasteiger partial charge on any atom is -0.605 e. The molecule has 0 spiro atoms. The van der Waals surface area contributed by atoms with Gasteiger partial charge in [-0.15, -0.1) is 8.78 Å². The van der Waals surface area contributed by atoms with E-state index in [9.17, 15) is 26.5 Å². The van der Waals surface area contributed by atoms with Crippen molar-refractivity contribution in [3.05, 3.63) is 39.1 Å². The second-order valence-corrected chi connectivity index (χ2v) is 7.88. The van der Waals surface area contributed by atoms with Crippen LogP contribution in [0, 0.1) is 13.8 Å². The van der Waals surface area contributed by atoms with Crippen LogP contribution in [0.3, 0.4) is 0 Å². The number of benzene rings is 1. The number of nitrogens with zero attached hydrogens (tertiary/aromatic N) is 2. The molecule has 0 saturated heterocycles. The SMILES string of the molecule is Cc1nn(-c2c(Cl)cc(C(F)(F)F)cc2Cl)c(C)c1[S+]([O-])C(F)(F)Cl. The first-order valence-electron chi connectivity index (χ1n) is 6.36.